The molecule has 2 aromatic carbocycles. The monoisotopic (exact) mass is 341 g/mol. The largest absolute Gasteiger partial charge is 0.489 e. The van der Waals surface area contributed by atoms with E-state index in [-0.39, 0.29) is 12.5 Å². The Morgan fingerprint density at radius 1 is 1.16 bits per heavy atom. The van der Waals surface area contributed by atoms with Gasteiger partial charge >= 0.3 is 5.97 Å². The van der Waals surface area contributed by atoms with E-state index in [2.05, 4.69) is 4.90 Å². The van der Waals surface area contributed by atoms with Gasteiger partial charge in [-0.3, -0.25) is 9.69 Å². The van der Waals surface area contributed by atoms with Crippen molar-refractivity contribution in [1.82, 2.24) is 4.90 Å². The lowest BCUT2D eigenvalue weighted by molar-refractivity contribution is -0.140. The van der Waals surface area contributed by atoms with E-state index in [1.54, 1.807) is 0 Å². The summed E-state index contributed by atoms with van der Waals surface area (Å²) in [4.78, 5) is 13.2. The number of rotatable bonds is 7. The summed E-state index contributed by atoms with van der Waals surface area (Å²) in [6.07, 6.45) is 0.101. The first-order chi connectivity index (χ1) is 12.2. The van der Waals surface area contributed by atoms with E-state index in [1.165, 1.54) is 0 Å². The first kappa shape index (κ1) is 17.5. The topological polar surface area (TPSA) is 59.0 Å². The molecule has 25 heavy (non-hydrogen) atoms. The van der Waals surface area contributed by atoms with Gasteiger partial charge in [-0.15, -0.1) is 0 Å². The molecule has 5 heteroatoms. The smallest absolute Gasteiger partial charge is 0.305 e. The maximum Gasteiger partial charge on any atom is 0.305 e. The van der Waals surface area contributed by atoms with E-state index in [0.29, 0.717) is 26.4 Å². The standard InChI is InChI=1S/C20H23NO4/c22-20(23)12-18-15-24-10-9-21(18)13-17-7-4-8-19(11-17)25-14-16-5-2-1-3-6-16/h1-8,11,18H,9-10,12-15H2,(H,22,23). The summed E-state index contributed by atoms with van der Waals surface area (Å²) < 4.78 is 11.3. The van der Waals surface area contributed by atoms with Crippen LogP contribution in [0.25, 0.3) is 0 Å². The van der Waals surface area contributed by atoms with Gasteiger partial charge in [-0.1, -0.05) is 42.5 Å². The van der Waals surface area contributed by atoms with Crippen LogP contribution in [0.1, 0.15) is 17.5 Å². The molecular weight excluding hydrogens is 318 g/mol. The van der Waals surface area contributed by atoms with E-state index < -0.39 is 5.97 Å². The molecule has 0 radical (unpaired) electrons. The van der Waals surface area contributed by atoms with E-state index in [0.717, 1.165) is 23.4 Å². The Balaban J connectivity index is 1.61. The van der Waals surface area contributed by atoms with Gasteiger partial charge in [-0.05, 0) is 23.3 Å². The number of morpholine rings is 1. The van der Waals surface area contributed by atoms with Crippen molar-refractivity contribution < 1.29 is 19.4 Å². The van der Waals surface area contributed by atoms with Crippen LogP contribution in [0.15, 0.2) is 54.6 Å². The van der Waals surface area contributed by atoms with Crippen molar-refractivity contribution in [1.29, 1.82) is 0 Å². The normalized spacial score (nSPS) is 18.0. The Labute approximate surface area is 147 Å². The molecule has 3 rings (SSSR count). The molecule has 0 saturated carbocycles. The minimum Gasteiger partial charge on any atom is -0.489 e. The molecule has 0 aliphatic carbocycles. The highest BCUT2D eigenvalue weighted by molar-refractivity contribution is 5.67. The van der Waals surface area contributed by atoms with Gasteiger partial charge in [-0.25, -0.2) is 0 Å². The quantitative estimate of drug-likeness (QED) is 0.839. The zero-order chi connectivity index (χ0) is 17.5. The van der Waals surface area contributed by atoms with Gasteiger partial charge in [0, 0.05) is 19.1 Å². The molecular formula is C20H23NO4. The van der Waals surface area contributed by atoms with Crippen LogP contribution in [-0.2, 0) is 22.7 Å². The summed E-state index contributed by atoms with van der Waals surface area (Å²) in [6.45, 7) is 3.08. The predicted octanol–water partition coefficient (Wildman–Crippen LogP) is 2.94. The second-order valence-electron chi connectivity index (χ2n) is 6.22. The lowest BCUT2D eigenvalue weighted by Crippen LogP contribution is -2.45. The lowest BCUT2D eigenvalue weighted by atomic mass is 10.1. The highest BCUT2D eigenvalue weighted by Crippen LogP contribution is 2.19. The highest BCUT2D eigenvalue weighted by atomic mass is 16.5. The minimum absolute atomic E-state index is 0.0832. The second-order valence-corrected chi connectivity index (χ2v) is 6.22. The minimum atomic E-state index is -0.791. The summed E-state index contributed by atoms with van der Waals surface area (Å²) in [5.74, 6) is 0.0323. The average Bonchev–Trinajstić information content (AvgIpc) is 2.62. The van der Waals surface area contributed by atoms with Crippen LogP contribution in [0.2, 0.25) is 0 Å². The zero-order valence-corrected chi connectivity index (χ0v) is 14.1. The number of aliphatic carboxylic acids is 1. The second kappa shape index (κ2) is 8.65. The maximum atomic E-state index is 11.0. The van der Waals surface area contributed by atoms with Crippen LogP contribution in [-0.4, -0.2) is 41.8 Å². The van der Waals surface area contributed by atoms with Gasteiger partial charge in [0.2, 0.25) is 0 Å². The molecule has 0 bridgehead atoms. The number of carbonyl (C=O) groups is 1. The van der Waals surface area contributed by atoms with Crippen molar-refractivity contribution in [3.05, 3.63) is 65.7 Å². The van der Waals surface area contributed by atoms with E-state index >= 15 is 0 Å². The van der Waals surface area contributed by atoms with Gasteiger partial charge in [0.15, 0.2) is 0 Å². The van der Waals surface area contributed by atoms with Crippen molar-refractivity contribution in [3.8, 4) is 5.75 Å². The Kier molecular flexibility index (Phi) is 6.04. The molecule has 1 unspecified atom stereocenters. The number of ether oxygens (including phenoxy) is 2. The number of nitrogens with zero attached hydrogens (tertiary/aromatic N) is 1. The number of carboxylic acids is 1. The average molecular weight is 341 g/mol. The molecule has 1 saturated heterocycles. The Bertz CT molecular complexity index is 689. The molecule has 1 fully saturated rings. The third kappa shape index (κ3) is 5.31. The van der Waals surface area contributed by atoms with Gasteiger partial charge in [0.25, 0.3) is 0 Å². The zero-order valence-electron chi connectivity index (χ0n) is 14.1. The van der Waals surface area contributed by atoms with Crippen molar-refractivity contribution in [2.45, 2.75) is 25.6 Å². The fourth-order valence-electron chi connectivity index (χ4n) is 3.00. The van der Waals surface area contributed by atoms with Crippen LogP contribution in [0.4, 0.5) is 0 Å². The lowest BCUT2D eigenvalue weighted by Gasteiger charge is -2.34. The summed E-state index contributed by atoms with van der Waals surface area (Å²) in [6, 6.07) is 18.0. The van der Waals surface area contributed by atoms with Crippen molar-refractivity contribution >= 4 is 5.97 Å². The van der Waals surface area contributed by atoms with Gasteiger partial charge < -0.3 is 14.6 Å². The molecule has 1 aliphatic rings. The first-order valence-electron chi connectivity index (χ1n) is 8.50. The fraction of sp³-hybridized carbons (Fsp3) is 0.350. The van der Waals surface area contributed by atoms with Crippen molar-refractivity contribution in [3.63, 3.8) is 0 Å². The van der Waals surface area contributed by atoms with Crippen LogP contribution < -0.4 is 4.74 Å². The molecule has 1 N–H and O–H groups in total. The molecule has 132 valence electrons. The van der Waals surface area contributed by atoms with Crippen LogP contribution >= 0.6 is 0 Å². The van der Waals surface area contributed by atoms with E-state index in [4.69, 9.17) is 14.6 Å². The van der Waals surface area contributed by atoms with Crippen LogP contribution in [0.3, 0.4) is 0 Å². The number of carboxylic acid groups (broad SMARTS) is 1. The molecule has 0 spiro atoms. The number of benzene rings is 2. The summed E-state index contributed by atoms with van der Waals surface area (Å²) >= 11 is 0. The molecule has 0 amide bonds. The Morgan fingerprint density at radius 2 is 1.96 bits per heavy atom. The predicted molar refractivity (Wildman–Crippen MR) is 94.5 cm³/mol. The van der Waals surface area contributed by atoms with E-state index in [1.807, 2.05) is 54.6 Å². The number of hydrogen-bond acceptors (Lipinski definition) is 4. The Morgan fingerprint density at radius 3 is 2.76 bits per heavy atom. The van der Waals surface area contributed by atoms with Gasteiger partial charge in [0.1, 0.15) is 12.4 Å². The van der Waals surface area contributed by atoms with Crippen LogP contribution in [0, 0.1) is 0 Å². The molecule has 0 aromatic heterocycles. The summed E-state index contributed by atoms with van der Waals surface area (Å²) in [5, 5.41) is 9.07. The highest BCUT2D eigenvalue weighted by Gasteiger charge is 2.25. The number of hydrogen-bond donors (Lipinski definition) is 1. The summed E-state index contributed by atoms with van der Waals surface area (Å²) in [5.41, 5.74) is 2.24. The third-order valence-electron chi connectivity index (χ3n) is 4.29. The van der Waals surface area contributed by atoms with Crippen molar-refractivity contribution in [2.75, 3.05) is 19.8 Å². The SMILES string of the molecule is O=C(O)CC1COCCN1Cc1cccc(OCc2ccccc2)c1. The summed E-state index contributed by atoms with van der Waals surface area (Å²) in [7, 11) is 0. The van der Waals surface area contributed by atoms with Gasteiger partial charge in [-0.2, -0.15) is 0 Å². The molecule has 1 heterocycles. The van der Waals surface area contributed by atoms with Crippen LogP contribution in [0.5, 0.6) is 5.75 Å². The molecule has 1 aliphatic heterocycles. The molecule has 2 aromatic rings. The third-order valence-corrected chi connectivity index (χ3v) is 4.29. The van der Waals surface area contributed by atoms with E-state index in [9.17, 15) is 4.79 Å². The molecule has 1 atom stereocenters. The Hall–Kier alpha value is -2.37. The van der Waals surface area contributed by atoms with Crippen molar-refractivity contribution in [2.24, 2.45) is 0 Å². The molecule has 5 nitrogen and oxygen atoms in total. The fourth-order valence-corrected chi connectivity index (χ4v) is 3.00. The van der Waals surface area contributed by atoms with Gasteiger partial charge in [0.05, 0.1) is 19.6 Å². The maximum absolute atomic E-state index is 11.0. The first-order valence-corrected chi connectivity index (χ1v) is 8.50.